The molecule has 7 heteroatoms. The molecule has 0 saturated carbocycles. The van der Waals surface area contributed by atoms with Crippen molar-refractivity contribution >= 4 is 23.1 Å². The van der Waals surface area contributed by atoms with Gasteiger partial charge in [-0.15, -0.1) is 11.3 Å². The average molecular weight is 440 g/mol. The van der Waals surface area contributed by atoms with Crippen molar-refractivity contribution in [3.05, 3.63) is 70.4 Å². The molecule has 0 aliphatic carbocycles. The van der Waals surface area contributed by atoms with Gasteiger partial charge >= 0.3 is 5.97 Å². The van der Waals surface area contributed by atoms with Crippen LogP contribution in [0.1, 0.15) is 22.2 Å². The summed E-state index contributed by atoms with van der Waals surface area (Å²) in [5, 5.41) is 10.7. The molecule has 2 aromatic carbocycles. The molecular weight excluding hydrogens is 414 g/mol. The van der Waals surface area contributed by atoms with Crippen molar-refractivity contribution in [2.24, 2.45) is 0 Å². The second-order valence-corrected chi connectivity index (χ2v) is 7.90. The van der Waals surface area contributed by atoms with E-state index in [1.54, 1.807) is 24.1 Å². The van der Waals surface area contributed by atoms with E-state index in [9.17, 15) is 9.59 Å². The summed E-state index contributed by atoms with van der Waals surface area (Å²) in [7, 11) is 1.71. The lowest BCUT2D eigenvalue weighted by Gasteiger charge is -2.16. The molecule has 0 spiro atoms. The van der Waals surface area contributed by atoms with Gasteiger partial charge in [0.2, 0.25) is 5.78 Å². The van der Waals surface area contributed by atoms with E-state index in [4.69, 9.17) is 14.6 Å². The van der Waals surface area contributed by atoms with Gasteiger partial charge < -0.3 is 14.6 Å². The Hall–Kier alpha value is -3.16. The first-order valence-electron chi connectivity index (χ1n) is 9.96. The molecule has 0 radical (unpaired) electrons. The molecule has 1 N–H and O–H groups in total. The van der Waals surface area contributed by atoms with Crippen molar-refractivity contribution in [1.82, 2.24) is 4.90 Å². The lowest BCUT2D eigenvalue weighted by molar-refractivity contribution is -0.138. The highest BCUT2D eigenvalue weighted by atomic mass is 32.1. The molecule has 0 atom stereocenters. The van der Waals surface area contributed by atoms with E-state index in [0.717, 1.165) is 16.9 Å². The summed E-state index contributed by atoms with van der Waals surface area (Å²) in [6.45, 7) is 3.18. The fourth-order valence-electron chi connectivity index (χ4n) is 3.09. The lowest BCUT2D eigenvalue weighted by Crippen LogP contribution is -2.29. The second kappa shape index (κ2) is 10.7. The van der Waals surface area contributed by atoms with E-state index < -0.39 is 5.97 Å². The zero-order valence-electron chi connectivity index (χ0n) is 17.5. The summed E-state index contributed by atoms with van der Waals surface area (Å²) in [5.41, 5.74) is 2.35. The van der Waals surface area contributed by atoms with Crippen LogP contribution in [0.4, 0.5) is 0 Å². The van der Waals surface area contributed by atoms with Crippen LogP contribution in [0.2, 0.25) is 0 Å². The molecule has 0 fully saturated rings. The normalized spacial score (nSPS) is 10.8. The Bertz CT molecular complexity index is 1010. The predicted molar refractivity (Wildman–Crippen MR) is 121 cm³/mol. The maximum Gasteiger partial charge on any atom is 0.317 e. The number of rotatable bonds is 11. The van der Waals surface area contributed by atoms with Gasteiger partial charge in [-0.2, -0.15) is 0 Å². The average Bonchev–Trinajstić information content (AvgIpc) is 3.29. The third-order valence-electron chi connectivity index (χ3n) is 4.60. The number of hydrogen-bond donors (Lipinski definition) is 1. The van der Waals surface area contributed by atoms with Crippen LogP contribution in [0.25, 0.3) is 11.1 Å². The maximum absolute atomic E-state index is 13.1. The van der Waals surface area contributed by atoms with Crippen LogP contribution in [-0.4, -0.2) is 55.1 Å². The van der Waals surface area contributed by atoms with Crippen LogP contribution in [-0.2, 0) is 4.79 Å². The van der Waals surface area contributed by atoms with Crippen LogP contribution in [0, 0.1) is 0 Å². The first-order chi connectivity index (χ1) is 15.0. The number of benzene rings is 2. The highest BCUT2D eigenvalue weighted by Crippen LogP contribution is 2.30. The molecule has 0 bridgehead atoms. The van der Waals surface area contributed by atoms with E-state index >= 15 is 0 Å². The number of ketones is 1. The summed E-state index contributed by atoms with van der Waals surface area (Å²) in [4.78, 5) is 26.2. The molecule has 3 aromatic rings. The summed E-state index contributed by atoms with van der Waals surface area (Å²) in [6.07, 6.45) is 0. The number of carboxylic acid groups (broad SMARTS) is 1. The van der Waals surface area contributed by atoms with Gasteiger partial charge in [0.05, 0.1) is 23.6 Å². The second-order valence-electron chi connectivity index (χ2n) is 6.95. The van der Waals surface area contributed by atoms with Crippen molar-refractivity contribution < 1.29 is 24.2 Å². The molecule has 3 rings (SSSR count). The van der Waals surface area contributed by atoms with Crippen molar-refractivity contribution in [3.8, 4) is 22.6 Å². The molecule has 31 heavy (non-hydrogen) atoms. The van der Waals surface area contributed by atoms with Crippen molar-refractivity contribution in [2.75, 3.05) is 33.4 Å². The minimum Gasteiger partial charge on any atom is -0.494 e. The number of ether oxygens (including phenoxy) is 2. The third kappa shape index (κ3) is 6.16. The summed E-state index contributed by atoms with van der Waals surface area (Å²) >= 11 is 1.38. The maximum atomic E-state index is 13.1. The van der Waals surface area contributed by atoms with Gasteiger partial charge in [-0.1, -0.05) is 24.3 Å². The number of likely N-dealkylation sites (N-methyl/N-ethyl adjacent to an activating group) is 1. The minimum atomic E-state index is -0.893. The van der Waals surface area contributed by atoms with Crippen LogP contribution < -0.4 is 9.47 Å². The van der Waals surface area contributed by atoms with E-state index in [-0.39, 0.29) is 18.9 Å². The molecule has 0 saturated heterocycles. The van der Waals surface area contributed by atoms with Crippen LogP contribution >= 0.6 is 11.3 Å². The van der Waals surface area contributed by atoms with Gasteiger partial charge in [0.25, 0.3) is 0 Å². The Morgan fingerprint density at radius 1 is 1.03 bits per heavy atom. The number of carboxylic acids is 1. The standard InChI is InChI=1S/C24H25NO5S/c1-3-29-19-9-6-17(7-10-19)18-8-11-21(30-13-12-25(2)16-23(26)27)20(15-18)24(28)22-5-4-14-31-22/h4-11,14-15H,3,12-13,16H2,1-2H3,(H,26,27). The Balaban J connectivity index is 1.84. The van der Waals surface area contributed by atoms with Crippen molar-refractivity contribution in [2.45, 2.75) is 6.92 Å². The van der Waals surface area contributed by atoms with E-state index in [0.29, 0.717) is 29.3 Å². The third-order valence-corrected chi connectivity index (χ3v) is 5.47. The van der Waals surface area contributed by atoms with Gasteiger partial charge in [-0.3, -0.25) is 14.5 Å². The van der Waals surface area contributed by atoms with Gasteiger partial charge in [0, 0.05) is 6.54 Å². The van der Waals surface area contributed by atoms with E-state index in [2.05, 4.69) is 0 Å². The molecule has 1 heterocycles. The molecule has 0 amide bonds. The monoisotopic (exact) mass is 439 g/mol. The summed E-state index contributed by atoms with van der Waals surface area (Å²) < 4.78 is 11.4. The van der Waals surface area contributed by atoms with E-state index in [1.165, 1.54) is 11.3 Å². The Kier molecular flexibility index (Phi) is 7.81. The summed E-state index contributed by atoms with van der Waals surface area (Å²) in [6, 6.07) is 16.9. The van der Waals surface area contributed by atoms with Gasteiger partial charge in [0.1, 0.15) is 18.1 Å². The molecule has 0 aliphatic heterocycles. The number of aliphatic carboxylic acids is 1. The molecule has 0 unspecified atom stereocenters. The van der Waals surface area contributed by atoms with Crippen LogP contribution in [0.5, 0.6) is 11.5 Å². The number of hydrogen-bond acceptors (Lipinski definition) is 6. The van der Waals surface area contributed by atoms with Crippen LogP contribution in [0.3, 0.4) is 0 Å². The lowest BCUT2D eigenvalue weighted by atomic mass is 9.99. The van der Waals surface area contributed by atoms with Crippen molar-refractivity contribution in [3.63, 3.8) is 0 Å². The fraction of sp³-hybridized carbons (Fsp3) is 0.250. The smallest absolute Gasteiger partial charge is 0.317 e. The predicted octanol–water partition coefficient (Wildman–Crippen LogP) is 4.44. The number of thiophene rings is 1. The van der Waals surface area contributed by atoms with Crippen LogP contribution in [0.15, 0.2) is 60.0 Å². The quantitative estimate of drug-likeness (QED) is 0.445. The first-order valence-corrected chi connectivity index (χ1v) is 10.8. The van der Waals surface area contributed by atoms with Gasteiger partial charge in [-0.05, 0) is 60.8 Å². The van der Waals surface area contributed by atoms with Gasteiger partial charge in [-0.25, -0.2) is 0 Å². The zero-order chi connectivity index (χ0) is 22.2. The Morgan fingerprint density at radius 3 is 2.42 bits per heavy atom. The zero-order valence-corrected chi connectivity index (χ0v) is 18.4. The molecule has 1 aromatic heterocycles. The fourth-order valence-corrected chi connectivity index (χ4v) is 3.76. The molecule has 6 nitrogen and oxygen atoms in total. The SMILES string of the molecule is CCOc1ccc(-c2ccc(OCCN(C)CC(=O)O)c(C(=O)c3cccs3)c2)cc1. The molecular formula is C24H25NO5S. The molecule has 0 aliphatic rings. The highest BCUT2D eigenvalue weighted by Gasteiger charge is 2.17. The van der Waals surface area contributed by atoms with E-state index in [1.807, 2.05) is 54.8 Å². The van der Waals surface area contributed by atoms with Crippen molar-refractivity contribution in [1.29, 1.82) is 0 Å². The number of carbonyl (C=O) groups excluding carboxylic acids is 1. The number of carbonyl (C=O) groups is 2. The first kappa shape index (κ1) is 22.5. The Labute approximate surface area is 185 Å². The summed E-state index contributed by atoms with van der Waals surface area (Å²) in [5.74, 6) is 0.288. The number of nitrogens with zero attached hydrogens (tertiary/aromatic N) is 1. The highest BCUT2D eigenvalue weighted by molar-refractivity contribution is 7.12. The van der Waals surface area contributed by atoms with Gasteiger partial charge in [0.15, 0.2) is 0 Å². The molecule has 162 valence electrons. The largest absolute Gasteiger partial charge is 0.494 e. The Morgan fingerprint density at radius 2 is 1.77 bits per heavy atom. The topological polar surface area (TPSA) is 76.1 Å². The minimum absolute atomic E-state index is 0.0684.